The highest BCUT2D eigenvalue weighted by atomic mass is 35.5. The highest BCUT2D eigenvalue weighted by molar-refractivity contribution is 6.32. The number of carbonyl (C=O) groups is 2. The van der Waals surface area contributed by atoms with Gasteiger partial charge in [-0.1, -0.05) is 11.6 Å². The van der Waals surface area contributed by atoms with E-state index in [1.54, 1.807) is 6.92 Å². The molecule has 19 heavy (non-hydrogen) atoms. The summed E-state index contributed by atoms with van der Waals surface area (Å²) in [5.41, 5.74) is 0.274. The molecule has 5 nitrogen and oxygen atoms in total. The van der Waals surface area contributed by atoms with E-state index in [9.17, 15) is 9.59 Å². The zero-order valence-corrected chi connectivity index (χ0v) is 11.7. The number of Topliss-reactive ketones (excluding diaryl/α,β-unsaturated/α-hetero) is 1. The lowest BCUT2D eigenvalue weighted by molar-refractivity contribution is -0.141. The Hall–Kier alpha value is -1.75. The van der Waals surface area contributed by atoms with Crippen molar-refractivity contribution in [2.75, 3.05) is 20.8 Å². The van der Waals surface area contributed by atoms with E-state index in [0.717, 1.165) is 0 Å². The van der Waals surface area contributed by atoms with Gasteiger partial charge in [0, 0.05) is 5.56 Å². The van der Waals surface area contributed by atoms with Gasteiger partial charge >= 0.3 is 5.97 Å². The molecule has 0 heterocycles. The summed E-state index contributed by atoms with van der Waals surface area (Å²) in [5.74, 6) is -0.279. The predicted octanol–water partition coefficient (Wildman–Crippen LogP) is 2.49. The minimum Gasteiger partial charge on any atom is -0.493 e. The topological polar surface area (TPSA) is 61.8 Å². The van der Waals surface area contributed by atoms with E-state index in [2.05, 4.69) is 0 Å². The largest absolute Gasteiger partial charge is 0.493 e. The Morgan fingerprint density at radius 1 is 1.21 bits per heavy atom. The second-order valence-electron chi connectivity index (χ2n) is 3.60. The molecule has 0 amide bonds. The number of carbonyl (C=O) groups excluding carboxylic acids is 2. The summed E-state index contributed by atoms with van der Waals surface area (Å²) in [7, 11) is 2.89. The molecule has 0 fully saturated rings. The van der Waals surface area contributed by atoms with Crippen LogP contribution in [0, 0.1) is 0 Å². The Labute approximate surface area is 116 Å². The molecule has 0 spiro atoms. The first-order valence-corrected chi connectivity index (χ1v) is 6.01. The molecule has 0 atom stereocenters. The average Bonchev–Trinajstić information content (AvgIpc) is 2.37. The number of rotatable bonds is 6. The molecule has 1 aromatic rings. The van der Waals surface area contributed by atoms with Gasteiger partial charge in [-0.15, -0.1) is 0 Å². The Morgan fingerprint density at radius 3 is 2.42 bits per heavy atom. The van der Waals surface area contributed by atoms with Gasteiger partial charge in [-0.2, -0.15) is 0 Å². The number of halogens is 1. The van der Waals surface area contributed by atoms with Crippen LogP contribution < -0.4 is 9.47 Å². The van der Waals surface area contributed by atoms with Crippen molar-refractivity contribution in [3.63, 3.8) is 0 Å². The van der Waals surface area contributed by atoms with Gasteiger partial charge in [0.1, 0.15) is 6.42 Å². The van der Waals surface area contributed by atoms with Gasteiger partial charge in [-0.3, -0.25) is 9.59 Å². The van der Waals surface area contributed by atoms with Crippen molar-refractivity contribution in [2.45, 2.75) is 13.3 Å². The average molecular weight is 287 g/mol. The third kappa shape index (κ3) is 3.86. The molecule has 1 aromatic carbocycles. The fourth-order valence-corrected chi connectivity index (χ4v) is 1.81. The highest BCUT2D eigenvalue weighted by Crippen LogP contribution is 2.36. The van der Waals surface area contributed by atoms with Gasteiger partial charge in [0.2, 0.25) is 0 Å². The maximum absolute atomic E-state index is 11.9. The van der Waals surface area contributed by atoms with Crippen LogP contribution in [0.1, 0.15) is 23.7 Å². The first-order chi connectivity index (χ1) is 9.03. The molecule has 0 aliphatic carbocycles. The van der Waals surface area contributed by atoms with Crippen LogP contribution in [-0.2, 0) is 9.53 Å². The Bertz CT molecular complexity index is 484. The lowest BCUT2D eigenvalue weighted by atomic mass is 10.1. The summed E-state index contributed by atoms with van der Waals surface area (Å²) < 4.78 is 14.9. The van der Waals surface area contributed by atoms with Crippen LogP contribution in [0.25, 0.3) is 0 Å². The van der Waals surface area contributed by atoms with Crippen LogP contribution in [0.3, 0.4) is 0 Å². The summed E-state index contributed by atoms with van der Waals surface area (Å²) in [6.45, 7) is 1.91. The fourth-order valence-electron chi connectivity index (χ4n) is 1.52. The summed E-state index contributed by atoms with van der Waals surface area (Å²) in [6, 6.07) is 2.91. The standard InChI is InChI=1S/C13H15ClO5/c1-4-19-12(16)7-10(15)8-5-9(14)13(18-3)11(6-8)17-2/h5-6H,4,7H2,1-3H3. The molecular formula is C13H15ClO5. The smallest absolute Gasteiger partial charge is 0.313 e. The monoisotopic (exact) mass is 286 g/mol. The number of esters is 1. The SMILES string of the molecule is CCOC(=O)CC(=O)c1cc(Cl)c(OC)c(OC)c1. The van der Waals surface area contributed by atoms with Crippen molar-refractivity contribution in [2.24, 2.45) is 0 Å². The van der Waals surface area contributed by atoms with Crippen LogP contribution in [0.4, 0.5) is 0 Å². The van der Waals surface area contributed by atoms with E-state index < -0.39 is 5.97 Å². The van der Waals surface area contributed by atoms with Crippen molar-refractivity contribution in [1.29, 1.82) is 0 Å². The number of hydrogen-bond acceptors (Lipinski definition) is 5. The second kappa shape index (κ2) is 6.99. The zero-order chi connectivity index (χ0) is 14.4. The number of benzene rings is 1. The second-order valence-corrected chi connectivity index (χ2v) is 4.01. The van der Waals surface area contributed by atoms with Crippen LogP contribution in [0.15, 0.2) is 12.1 Å². The first kappa shape index (κ1) is 15.3. The molecule has 0 aliphatic heterocycles. The third-order valence-corrected chi connectivity index (χ3v) is 2.65. The van der Waals surface area contributed by atoms with Crippen LogP contribution in [0.5, 0.6) is 11.5 Å². The molecule has 0 aromatic heterocycles. The van der Waals surface area contributed by atoms with E-state index in [4.69, 9.17) is 25.8 Å². The molecule has 0 radical (unpaired) electrons. The van der Waals surface area contributed by atoms with Gasteiger partial charge in [-0.25, -0.2) is 0 Å². The van der Waals surface area contributed by atoms with E-state index in [1.807, 2.05) is 0 Å². The van der Waals surface area contributed by atoms with E-state index in [0.29, 0.717) is 11.5 Å². The number of ketones is 1. The molecule has 0 saturated carbocycles. The van der Waals surface area contributed by atoms with E-state index >= 15 is 0 Å². The molecule has 0 N–H and O–H groups in total. The Morgan fingerprint density at radius 2 is 1.89 bits per heavy atom. The summed E-state index contributed by atoms with van der Waals surface area (Å²) in [5, 5.41) is 0.244. The van der Waals surface area contributed by atoms with Crippen molar-refractivity contribution in [3.05, 3.63) is 22.7 Å². The lowest BCUT2D eigenvalue weighted by Gasteiger charge is -2.11. The minimum atomic E-state index is -0.571. The molecule has 0 bridgehead atoms. The maximum atomic E-state index is 11.9. The van der Waals surface area contributed by atoms with Gasteiger partial charge < -0.3 is 14.2 Å². The predicted molar refractivity (Wildman–Crippen MR) is 70.1 cm³/mol. The summed E-state index contributed by atoms with van der Waals surface area (Å²) in [6.07, 6.45) is -0.334. The van der Waals surface area contributed by atoms with Gasteiger partial charge in [0.05, 0.1) is 25.8 Å². The van der Waals surface area contributed by atoms with Crippen molar-refractivity contribution in [3.8, 4) is 11.5 Å². The Kier molecular flexibility index (Phi) is 5.63. The fraction of sp³-hybridized carbons (Fsp3) is 0.385. The zero-order valence-electron chi connectivity index (χ0n) is 11.0. The first-order valence-electron chi connectivity index (χ1n) is 5.63. The molecule has 6 heteroatoms. The maximum Gasteiger partial charge on any atom is 0.313 e. The molecule has 104 valence electrons. The van der Waals surface area contributed by atoms with E-state index in [1.165, 1.54) is 26.4 Å². The molecular weight excluding hydrogens is 272 g/mol. The van der Waals surface area contributed by atoms with Crippen LogP contribution >= 0.6 is 11.6 Å². The van der Waals surface area contributed by atoms with Gasteiger partial charge in [-0.05, 0) is 19.1 Å². The number of methoxy groups -OCH3 is 2. The molecule has 0 aliphatic rings. The summed E-state index contributed by atoms with van der Waals surface area (Å²) in [4.78, 5) is 23.2. The minimum absolute atomic E-state index is 0.235. The van der Waals surface area contributed by atoms with Crippen LogP contribution in [0.2, 0.25) is 5.02 Å². The van der Waals surface area contributed by atoms with E-state index in [-0.39, 0.29) is 29.4 Å². The third-order valence-electron chi connectivity index (χ3n) is 2.37. The number of hydrogen-bond donors (Lipinski definition) is 0. The normalized spacial score (nSPS) is 9.89. The van der Waals surface area contributed by atoms with Crippen LogP contribution in [-0.4, -0.2) is 32.6 Å². The van der Waals surface area contributed by atoms with Crippen molar-refractivity contribution < 1.29 is 23.8 Å². The molecule has 0 saturated heterocycles. The quantitative estimate of drug-likeness (QED) is 0.457. The van der Waals surface area contributed by atoms with Gasteiger partial charge in [0.15, 0.2) is 17.3 Å². The molecule has 1 rings (SSSR count). The Balaban J connectivity index is 2.98. The number of ether oxygens (including phenoxy) is 3. The van der Waals surface area contributed by atoms with Crippen molar-refractivity contribution >= 4 is 23.4 Å². The highest BCUT2D eigenvalue weighted by Gasteiger charge is 2.17. The lowest BCUT2D eigenvalue weighted by Crippen LogP contribution is -2.11. The van der Waals surface area contributed by atoms with Crippen molar-refractivity contribution in [1.82, 2.24) is 0 Å². The summed E-state index contributed by atoms with van der Waals surface area (Å²) >= 11 is 5.98. The van der Waals surface area contributed by atoms with Gasteiger partial charge in [0.25, 0.3) is 0 Å². The molecule has 0 unspecified atom stereocenters.